The first-order chi connectivity index (χ1) is 9.08. The fourth-order valence-corrected chi connectivity index (χ4v) is 5.31. The van der Waals surface area contributed by atoms with Crippen LogP contribution in [0.3, 0.4) is 0 Å². The van der Waals surface area contributed by atoms with Crippen molar-refractivity contribution in [2.45, 2.75) is 43.6 Å². The van der Waals surface area contributed by atoms with Crippen LogP contribution in [0.25, 0.3) is 0 Å². The summed E-state index contributed by atoms with van der Waals surface area (Å²) in [6, 6.07) is 4.52. The Hall–Kier alpha value is -0.960. The molecule has 1 nitrogen and oxygen atoms in total. The summed E-state index contributed by atoms with van der Waals surface area (Å²) in [5.41, 5.74) is 7.34. The number of rotatable bonds is 1. The molecule has 4 fully saturated rings. The molecule has 2 N–H and O–H groups in total. The molecule has 0 aromatic heterocycles. The topological polar surface area (TPSA) is 26.0 Å². The van der Waals surface area contributed by atoms with Crippen molar-refractivity contribution in [3.8, 4) is 0 Å². The Morgan fingerprint density at radius 1 is 1.00 bits per heavy atom. The van der Waals surface area contributed by atoms with Gasteiger partial charge in [-0.25, -0.2) is 8.78 Å². The van der Waals surface area contributed by atoms with Gasteiger partial charge in [0.05, 0.1) is 0 Å². The van der Waals surface area contributed by atoms with Gasteiger partial charge in [-0.3, -0.25) is 0 Å². The van der Waals surface area contributed by atoms with Gasteiger partial charge in [-0.1, -0.05) is 6.07 Å². The zero-order valence-corrected chi connectivity index (χ0v) is 10.9. The molecule has 4 saturated carbocycles. The molecule has 0 radical (unpaired) electrons. The second-order valence-electron chi connectivity index (χ2n) is 6.92. The van der Waals surface area contributed by atoms with Crippen molar-refractivity contribution in [1.29, 1.82) is 0 Å². The number of nitrogens with two attached hydrogens (primary N) is 1. The van der Waals surface area contributed by atoms with Crippen molar-refractivity contribution < 1.29 is 8.78 Å². The highest BCUT2D eigenvalue weighted by Crippen LogP contribution is 2.60. The van der Waals surface area contributed by atoms with Crippen LogP contribution in [0.15, 0.2) is 18.2 Å². The zero-order chi connectivity index (χ0) is 13.2. The molecule has 0 spiro atoms. The lowest BCUT2D eigenvalue weighted by Crippen LogP contribution is -2.61. The third-order valence-electron chi connectivity index (χ3n) is 5.89. The number of halogens is 2. The van der Waals surface area contributed by atoms with Gasteiger partial charge in [0.15, 0.2) is 11.6 Å². The molecule has 4 aliphatic carbocycles. The second kappa shape index (κ2) is 3.78. The monoisotopic (exact) mass is 263 g/mol. The van der Waals surface area contributed by atoms with Gasteiger partial charge >= 0.3 is 0 Å². The van der Waals surface area contributed by atoms with Crippen LogP contribution in [0.5, 0.6) is 0 Å². The minimum atomic E-state index is -0.762. The van der Waals surface area contributed by atoms with Crippen LogP contribution in [-0.4, -0.2) is 6.04 Å². The van der Waals surface area contributed by atoms with E-state index in [0.29, 0.717) is 5.92 Å². The Labute approximate surface area is 112 Å². The predicted octanol–water partition coefficient (Wildman–Crippen LogP) is 3.37. The van der Waals surface area contributed by atoms with Crippen molar-refractivity contribution in [3.05, 3.63) is 35.4 Å². The first-order valence-electron chi connectivity index (χ1n) is 7.29. The SMILES string of the molecule is NC1C2C[C@@H]3C[C@H](C2)CC1(c1ccc(F)c(F)c1)C3. The molecule has 0 heterocycles. The van der Waals surface area contributed by atoms with E-state index in [9.17, 15) is 8.78 Å². The average Bonchev–Trinajstić information content (AvgIpc) is 2.38. The molecule has 4 bridgehead atoms. The summed E-state index contributed by atoms with van der Waals surface area (Å²) in [6.07, 6.45) is 5.92. The fraction of sp³-hybridized carbons (Fsp3) is 0.625. The smallest absolute Gasteiger partial charge is 0.159 e. The maximum Gasteiger partial charge on any atom is 0.159 e. The van der Waals surface area contributed by atoms with E-state index in [0.717, 1.165) is 30.2 Å². The van der Waals surface area contributed by atoms with Crippen molar-refractivity contribution >= 4 is 0 Å². The number of benzene rings is 1. The van der Waals surface area contributed by atoms with E-state index in [1.807, 2.05) is 0 Å². The van der Waals surface area contributed by atoms with Gasteiger partial charge in [-0.15, -0.1) is 0 Å². The van der Waals surface area contributed by atoms with E-state index in [4.69, 9.17) is 5.73 Å². The lowest BCUT2D eigenvalue weighted by Gasteiger charge is -2.60. The van der Waals surface area contributed by atoms with Crippen LogP contribution in [0.2, 0.25) is 0 Å². The van der Waals surface area contributed by atoms with E-state index in [1.165, 1.54) is 31.4 Å². The van der Waals surface area contributed by atoms with E-state index in [2.05, 4.69) is 0 Å². The van der Waals surface area contributed by atoms with Crippen LogP contribution in [-0.2, 0) is 5.41 Å². The van der Waals surface area contributed by atoms with Crippen LogP contribution in [0.4, 0.5) is 8.78 Å². The van der Waals surface area contributed by atoms with E-state index >= 15 is 0 Å². The van der Waals surface area contributed by atoms with Gasteiger partial charge in [-0.05, 0) is 67.6 Å². The van der Waals surface area contributed by atoms with Crippen LogP contribution in [0, 0.1) is 29.4 Å². The standard InChI is InChI=1S/C16H19F2N/c17-13-2-1-12(6-14(13)18)16-7-9-3-10(8-16)5-11(4-9)15(16)19/h1-2,6,9-11,15H,3-5,7-8,19H2/t9-,10+,11?,15?,16?. The molecule has 5 atom stereocenters. The molecule has 3 unspecified atom stereocenters. The maximum atomic E-state index is 13.6. The fourth-order valence-electron chi connectivity index (χ4n) is 5.31. The highest BCUT2D eigenvalue weighted by molar-refractivity contribution is 5.33. The van der Waals surface area contributed by atoms with Gasteiger partial charge in [0.25, 0.3) is 0 Å². The zero-order valence-electron chi connectivity index (χ0n) is 10.9. The van der Waals surface area contributed by atoms with Gasteiger partial charge in [-0.2, -0.15) is 0 Å². The first-order valence-corrected chi connectivity index (χ1v) is 7.29. The van der Waals surface area contributed by atoms with E-state index < -0.39 is 11.6 Å². The summed E-state index contributed by atoms with van der Waals surface area (Å²) in [7, 11) is 0. The Kier molecular flexibility index (Phi) is 2.36. The van der Waals surface area contributed by atoms with Crippen molar-refractivity contribution in [2.24, 2.45) is 23.5 Å². The lowest BCUT2D eigenvalue weighted by atomic mass is 9.46. The summed E-state index contributed by atoms with van der Waals surface area (Å²) in [5, 5.41) is 0. The minimum Gasteiger partial charge on any atom is -0.327 e. The summed E-state index contributed by atoms with van der Waals surface area (Å²) in [4.78, 5) is 0. The highest BCUT2D eigenvalue weighted by Gasteiger charge is 2.56. The minimum absolute atomic E-state index is 0.0940. The van der Waals surface area contributed by atoms with Crippen LogP contribution in [0.1, 0.15) is 37.7 Å². The normalized spacial score (nSPS) is 43.7. The Bertz CT molecular complexity index is 513. The van der Waals surface area contributed by atoms with Crippen molar-refractivity contribution in [3.63, 3.8) is 0 Å². The molecular formula is C16H19F2N. The average molecular weight is 263 g/mol. The van der Waals surface area contributed by atoms with E-state index in [1.54, 1.807) is 6.07 Å². The summed E-state index contributed by atoms with van der Waals surface area (Å²) < 4.78 is 26.7. The van der Waals surface area contributed by atoms with Crippen molar-refractivity contribution in [2.75, 3.05) is 0 Å². The molecule has 1 aromatic rings. The third kappa shape index (κ3) is 1.54. The molecule has 19 heavy (non-hydrogen) atoms. The summed E-state index contributed by atoms with van der Waals surface area (Å²) in [5.74, 6) is 0.567. The molecule has 0 saturated heterocycles. The Morgan fingerprint density at radius 3 is 2.32 bits per heavy atom. The van der Waals surface area contributed by atoms with Gasteiger partial charge in [0, 0.05) is 11.5 Å². The molecule has 3 heteroatoms. The van der Waals surface area contributed by atoms with Gasteiger partial charge < -0.3 is 5.73 Å². The van der Waals surface area contributed by atoms with Gasteiger partial charge in [0.2, 0.25) is 0 Å². The quantitative estimate of drug-likeness (QED) is 0.826. The molecule has 102 valence electrons. The van der Waals surface area contributed by atoms with Crippen LogP contribution < -0.4 is 5.73 Å². The maximum absolute atomic E-state index is 13.6. The Balaban J connectivity index is 1.81. The van der Waals surface area contributed by atoms with E-state index in [-0.39, 0.29) is 11.5 Å². The molecule has 4 aliphatic rings. The first kappa shape index (κ1) is 11.8. The molecular weight excluding hydrogens is 244 g/mol. The summed E-state index contributed by atoms with van der Waals surface area (Å²) >= 11 is 0. The van der Waals surface area contributed by atoms with Gasteiger partial charge in [0.1, 0.15) is 0 Å². The third-order valence-corrected chi connectivity index (χ3v) is 5.89. The molecule has 0 aliphatic heterocycles. The molecule has 1 aromatic carbocycles. The van der Waals surface area contributed by atoms with Crippen molar-refractivity contribution in [1.82, 2.24) is 0 Å². The van der Waals surface area contributed by atoms with Crippen LogP contribution >= 0.6 is 0 Å². The lowest BCUT2D eigenvalue weighted by molar-refractivity contribution is -0.0248. The second-order valence-corrected chi connectivity index (χ2v) is 6.92. The number of hydrogen-bond donors (Lipinski definition) is 1. The number of hydrogen-bond acceptors (Lipinski definition) is 1. The summed E-state index contributed by atoms with van der Waals surface area (Å²) in [6.45, 7) is 0. The highest BCUT2D eigenvalue weighted by atomic mass is 19.2. The molecule has 5 rings (SSSR count). The Morgan fingerprint density at radius 2 is 1.68 bits per heavy atom. The largest absolute Gasteiger partial charge is 0.327 e. The molecule has 0 amide bonds. The predicted molar refractivity (Wildman–Crippen MR) is 69.6 cm³/mol.